The number of rotatable bonds is 5. The molecular weight excluding hydrogens is 270 g/mol. The van der Waals surface area contributed by atoms with Gasteiger partial charge in [-0.1, -0.05) is 24.3 Å². The average Bonchev–Trinajstić information content (AvgIpc) is 3.09. The average molecular weight is 289 g/mol. The van der Waals surface area contributed by atoms with E-state index in [2.05, 4.69) is 54.1 Å². The first-order valence-corrected chi connectivity index (χ1v) is 8.66. The van der Waals surface area contributed by atoms with Crippen LogP contribution >= 0.6 is 23.1 Å². The summed E-state index contributed by atoms with van der Waals surface area (Å²) in [5.41, 5.74) is 1.54. The number of likely N-dealkylation sites (N-methyl/N-ethyl adjacent to an activating group) is 1. The molecule has 0 spiro atoms. The molecule has 0 fully saturated rings. The molecule has 1 aromatic heterocycles. The molecule has 0 radical (unpaired) electrons. The lowest BCUT2D eigenvalue weighted by atomic mass is 9.90. The second-order valence-corrected chi connectivity index (χ2v) is 7.06. The maximum absolute atomic E-state index is 3.54. The summed E-state index contributed by atoms with van der Waals surface area (Å²) in [7, 11) is 2.10. The largest absolute Gasteiger partial charge is 0.316 e. The lowest BCUT2D eigenvalue weighted by Gasteiger charge is -2.23. The normalized spacial score (nSPS) is 19.3. The van der Waals surface area contributed by atoms with Crippen molar-refractivity contribution in [1.29, 1.82) is 0 Å². The number of aryl methyl sites for hydroxylation is 1. The standard InChI is InChI=1S/C16H19NS2/c1-17-15(9-8-12-5-4-10-18-12)14-11-19-16-7-3-2-6-13(14)16/h2-7,10,14-15,17H,8-9,11H2,1H3. The van der Waals surface area contributed by atoms with Crippen LogP contribution in [0.1, 0.15) is 22.8 Å². The Balaban J connectivity index is 1.69. The van der Waals surface area contributed by atoms with Crippen LogP contribution in [-0.2, 0) is 6.42 Å². The summed E-state index contributed by atoms with van der Waals surface area (Å²) in [6.07, 6.45) is 2.41. The summed E-state index contributed by atoms with van der Waals surface area (Å²) in [6.45, 7) is 0. The van der Waals surface area contributed by atoms with Gasteiger partial charge in [-0.05, 0) is 43.0 Å². The molecule has 2 atom stereocenters. The Morgan fingerprint density at radius 1 is 1.26 bits per heavy atom. The molecule has 2 aromatic rings. The van der Waals surface area contributed by atoms with Gasteiger partial charge in [-0.2, -0.15) is 0 Å². The van der Waals surface area contributed by atoms with E-state index in [4.69, 9.17) is 0 Å². The summed E-state index contributed by atoms with van der Waals surface area (Å²) in [6, 6.07) is 13.8. The summed E-state index contributed by atoms with van der Waals surface area (Å²) in [5, 5.41) is 5.71. The quantitative estimate of drug-likeness (QED) is 0.887. The van der Waals surface area contributed by atoms with Crippen molar-refractivity contribution in [2.75, 3.05) is 12.8 Å². The minimum atomic E-state index is 0.582. The molecule has 0 amide bonds. The third-order valence-corrected chi connectivity index (χ3v) is 6.02. The van der Waals surface area contributed by atoms with Crippen LogP contribution < -0.4 is 5.32 Å². The third-order valence-electron chi connectivity index (χ3n) is 3.88. The molecule has 100 valence electrons. The lowest BCUT2D eigenvalue weighted by molar-refractivity contribution is 0.462. The lowest BCUT2D eigenvalue weighted by Crippen LogP contribution is -2.32. The van der Waals surface area contributed by atoms with Gasteiger partial charge in [0.05, 0.1) is 0 Å². The van der Waals surface area contributed by atoms with Gasteiger partial charge in [0.25, 0.3) is 0 Å². The Morgan fingerprint density at radius 3 is 2.95 bits per heavy atom. The molecule has 1 nitrogen and oxygen atoms in total. The Bertz CT molecular complexity index is 521. The second kappa shape index (κ2) is 6.12. The van der Waals surface area contributed by atoms with E-state index < -0.39 is 0 Å². The highest BCUT2D eigenvalue weighted by Crippen LogP contribution is 2.41. The minimum Gasteiger partial charge on any atom is -0.316 e. The monoisotopic (exact) mass is 289 g/mol. The van der Waals surface area contributed by atoms with Crippen molar-refractivity contribution >= 4 is 23.1 Å². The number of hydrogen-bond acceptors (Lipinski definition) is 3. The number of thiophene rings is 1. The zero-order chi connectivity index (χ0) is 13.1. The van der Waals surface area contributed by atoms with Gasteiger partial charge in [-0.25, -0.2) is 0 Å². The Morgan fingerprint density at radius 2 is 2.16 bits per heavy atom. The SMILES string of the molecule is CNC(CCc1cccs1)C1CSc2ccccc21. The third kappa shape index (κ3) is 2.88. The number of hydrogen-bond donors (Lipinski definition) is 1. The number of fused-ring (bicyclic) bond motifs is 1. The molecule has 1 aliphatic rings. The van der Waals surface area contributed by atoms with Crippen molar-refractivity contribution in [3.8, 4) is 0 Å². The zero-order valence-corrected chi connectivity index (χ0v) is 12.8. The first-order chi connectivity index (χ1) is 9.38. The van der Waals surface area contributed by atoms with Crippen molar-refractivity contribution in [3.05, 3.63) is 52.2 Å². The summed E-state index contributed by atoms with van der Waals surface area (Å²) < 4.78 is 0. The van der Waals surface area contributed by atoms with Gasteiger partial charge in [0.2, 0.25) is 0 Å². The molecule has 0 saturated carbocycles. The molecule has 1 N–H and O–H groups in total. The van der Waals surface area contributed by atoms with Crippen molar-refractivity contribution in [2.45, 2.75) is 29.7 Å². The molecule has 0 aliphatic carbocycles. The van der Waals surface area contributed by atoms with E-state index in [1.807, 2.05) is 23.1 Å². The van der Waals surface area contributed by atoms with Gasteiger partial charge in [-0.3, -0.25) is 0 Å². The molecule has 0 saturated heterocycles. The fraction of sp³-hybridized carbons (Fsp3) is 0.375. The van der Waals surface area contributed by atoms with E-state index in [1.54, 1.807) is 0 Å². The highest BCUT2D eigenvalue weighted by atomic mass is 32.2. The van der Waals surface area contributed by atoms with Crippen molar-refractivity contribution < 1.29 is 0 Å². The van der Waals surface area contributed by atoms with Crippen LogP contribution in [0.2, 0.25) is 0 Å². The maximum Gasteiger partial charge on any atom is 0.0145 e. The summed E-state index contributed by atoms with van der Waals surface area (Å²) >= 11 is 3.88. The first kappa shape index (κ1) is 13.2. The molecule has 2 unspecified atom stereocenters. The molecule has 19 heavy (non-hydrogen) atoms. The molecule has 1 aliphatic heterocycles. The van der Waals surface area contributed by atoms with Crippen LogP contribution in [0.5, 0.6) is 0 Å². The number of benzene rings is 1. The maximum atomic E-state index is 3.54. The van der Waals surface area contributed by atoms with E-state index in [0.717, 1.165) is 0 Å². The number of nitrogens with one attached hydrogen (secondary N) is 1. The summed E-state index contributed by atoms with van der Waals surface area (Å²) in [4.78, 5) is 2.98. The van der Waals surface area contributed by atoms with Crippen molar-refractivity contribution in [3.63, 3.8) is 0 Å². The molecule has 0 bridgehead atoms. The Hall–Kier alpha value is -0.770. The van der Waals surface area contributed by atoms with Crippen LogP contribution in [0.3, 0.4) is 0 Å². The van der Waals surface area contributed by atoms with E-state index >= 15 is 0 Å². The van der Waals surface area contributed by atoms with Gasteiger partial charge in [0, 0.05) is 27.5 Å². The van der Waals surface area contributed by atoms with Gasteiger partial charge < -0.3 is 5.32 Å². The van der Waals surface area contributed by atoms with Gasteiger partial charge in [0.15, 0.2) is 0 Å². The molecule has 3 heteroatoms. The van der Waals surface area contributed by atoms with Crippen LogP contribution in [0.15, 0.2) is 46.7 Å². The summed E-state index contributed by atoms with van der Waals surface area (Å²) in [5.74, 6) is 1.88. The Kier molecular flexibility index (Phi) is 4.26. The predicted molar refractivity (Wildman–Crippen MR) is 85.4 cm³/mol. The fourth-order valence-electron chi connectivity index (χ4n) is 2.82. The van der Waals surface area contributed by atoms with Crippen LogP contribution in [0.4, 0.5) is 0 Å². The van der Waals surface area contributed by atoms with Gasteiger partial charge >= 0.3 is 0 Å². The van der Waals surface area contributed by atoms with E-state index in [0.29, 0.717) is 12.0 Å². The second-order valence-electron chi connectivity index (χ2n) is 4.97. The molecule has 1 aromatic carbocycles. The smallest absolute Gasteiger partial charge is 0.0145 e. The fourth-order valence-corrected chi connectivity index (χ4v) is 4.88. The highest BCUT2D eigenvalue weighted by Gasteiger charge is 2.28. The van der Waals surface area contributed by atoms with E-state index in [-0.39, 0.29) is 0 Å². The highest BCUT2D eigenvalue weighted by molar-refractivity contribution is 7.99. The van der Waals surface area contributed by atoms with Crippen LogP contribution in [0, 0.1) is 0 Å². The Labute approximate surface area is 123 Å². The topological polar surface area (TPSA) is 12.0 Å². The molecule has 3 rings (SSSR count). The van der Waals surface area contributed by atoms with Gasteiger partial charge in [0.1, 0.15) is 0 Å². The van der Waals surface area contributed by atoms with Gasteiger partial charge in [-0.15, -0.1) is 23.1 Å². The van der Waals surface area contributed by atoms with Crippen LogP contribution in [-0.4, -0.2) is 18.8 Å². The minimum absolute atomic E-state index is 0.582. The first-order valence-electron chi connectivity index (χ1n) is 6.80. The van der Waals surface area contributed by atoms with Crippen molar-refractivity contribution in [1.82, 2.24) is 5.32 Å². The van der Waals surface area contributed by atoms with Crippen molar-refractivity contribution in [2.24, 2.45) is 0 Å². The molecular formula is C16H19NS2. The van der Waals surface area contributed by atoms with Crippen LogP contribution in [0.25, 0.3) is 0 Å². The van der Waals surface area contributed by atoms with E-state index in [1.165, 1.54) is 33.9 Å². The predicted octanol–water partition coefficient (Wildman–Crippen LogP) is 4.16. The van der Waals surface area contributed by atoms with E-state index in [9.17, 15) is 0 Å². The number of thioether (sulfide) groups is 1. The molecule has 2 heterocycles. The zero-order valence-electron chi connectivity index (χ0n) is 11.1.